The zero-order valence-electron chi connectivity index (χ0n) is 11.0. The molecule has 5 fully saturated rings. The molecule has 0 nitrogen and oxygen atoms in total. The molecule has 2 bridgehead atoms. The van der Waals surface area contributed by atoms with Gasteiger partial charge in [-0.1, -0.05) is 17.7 Å². The largest absolute Gasteiger partial charge is 0.125 e. The van der Waals surface area contributed by atoms with Crippen LogP contribution in [0, 0.1) is 46.3 Å². The minimum Gasteiger partial charge on any atom is -0.117 e. The minimum atomic E-state index is -0.451. The van der Waals surface area contributed by atoms with Crippen LogP contribution in [0.15, 0.2) is 11.1 Å². The molecular weight excluding hydrogens is 334 g/mol. The smallest absolute Gasteiger partial charge is 0.117 e. The topological polar surface area (TPSA) is 0 Å². The highest BCUT2D eigenvalue weighted by molar-refractivity contribution is 6.51. The second-order valence-electron chi connectivity index (χ2n) is 8.25. The van der Waals surface area contributed by atoms with Gasteiger partial charge in [0.15, 0.2) is 0 Å². The molecule has 2 spiro atoms. The van der Waals surface area contributed by atoms with Crippen LogP contribution in [0.4, 0.5) is 0 Å². The Hall–Kier alpha value is 0.900. The van der Waals surface area contributed by atoms with Gasteiger partial charge in [0.1, 0.15) is 4.33 Å². The van der Waals surface area contributed by atoms with Crippen molar-refractivity contribution in [3.05, 3.63) is 11.1 Å². The van der Waals surface area contributed by atoms with E-state index in [2.05, 4.69) is 6.08 Å². The maximum absolute atomic E-state index is 6.77. The minimum absolute atomic E-state index is 0.0421. The van der Waals surface area contributed by atoms with Crippen LogP contribution in [0.3, 0.4) is 0 Å². The first-order valence-electron chi connectivity index (χ1n) is 7.84. The van der Waals surface area contributed by atoms with Crippen LogP contribution < -0.4 is 0 Å². The summed E-state index contributed by atoms with van der Waals surface area (Å²) in [7, 11) is 0. The van der Waals surface area contributed by atoms with Gasteiger partial charge in [0.25, 0.3) is 0 Å². The average Bonchev–Trinajstić information content (AvgIpc) is 3.23. The highest BCUT2D eigenvalue weighted by atomic mass is 35.5. The van der Waals surface area contributed by atoms with E-state index in [1.807, 2.05) is 0 Å². The van der Waals surface area contributed by atoms with Crippen LogP contribution in [0.2, 0.25) is 0 Å². The van der Waals surface area contributed by atoms with E-state index in [1.165, 1.54) is 25.7 Å². The highest BCUT2D eigenvalue weighted by Gasteiger charge is 2.90. The van der Waals surface area contributed by atoms with E-state index >= 15 is 0 Å². The van der Waals surface area contributed by atoms with E-state index in [0.717, 1.165) is 11.0 Å². The Morgan fingerprint density at radius 2 is 1.60 bits per heavy atom. The summed E-state index contributed by atoms with van der Waals surface area (Å²) in [5.74, 6) is 3.65. The van der Waals surface area contributed by atoms with Crippen molar-refractivity contribution in [1.29, 1.82) is 0 Å². The monoisotopic (exact) mass is 348 g/mol. The predicted molar refractivity (Wildman–Crippen MR) is 82.3 cm³/mol. The van der Waals surface area contributed by atoms with E-state index in [4.69, 9.17) is 46.4 Å². The van der Waals surface area contributed by atoms with Gasteiger partial charge in [-0.05, 0) is 60.2 Å². The van der Waals surface area contributed by atoms with E-state index < -0.39 is 4.33 Å². The Morgan fingerprint density at radius 3 is 2.20 bits per heavy atom. The lowest BCUT2D eigenvalue weighted by Gasteiger charge is -2.36. The summed E-state index contributed by atoms with van der Waals surface area (Å²) in [6, 6.07) is 0. The molecule has 7 atom stereocenters. The lowest BCUT2D eigenvalue weighted by atomic mass is 9.72. The number of hydrogen-bond acceptors (Lipinski definition) is 0. The van der Waals surface area contributed by atoms with Gasteiger partial charge in [0.05, 0.1) is 5.38 Å². The fourth-order valence-electron chi connectivity index (χ4n) is 7.18. The van der Waals surface area contributed by atoms with Crippen LogP contribution in [0.25, 0.3) is 0 Å². The van der Waals surface area contributed by atoms with E-state index in [-0.39, 0.29) is 5.38 Å². The first-order chi connectivity index (χ1) is 9.45. The molecule has 6 aliphatic carbocycles. The Kier molecular flexibility index (Phi) is 1.91. The van der Waals surface area contributed by atoms with Crippen molar-refractivity contribution in [2.24, 2.45) is 46.3 Å². The quantitative estimate of drug-likeness (QED) is 0.527. The summed E-state index contributed by atoms with van der Waals surface area (Å²) < 4.78 is -0.451. The average molecular weight is 350 g/mol. The van der Waals surface area contributed by atoms with Crippen molar-refractivity contribution in [3.8, 4) is 0 Å². The number of fused-ring (bicyclic) bond motifs is 7. The molecule has 0 aromatic rings. The normalized spacial score (nSPS) is 60.2. The van der Waals surface area contributed by atoms with Gasteiger partial charge in [0.2, 0.25) is 0 Å². The molecule has 6 rings (SSSR count). The summed E-state index contributed by atoms with van der Waals surface area (Å²) in [5.41, 5.74) is 0.892. The fraction of sp³-hybridized carbons (Fsp3) is 0.875. The van der Waals surface area contributed by atoms with Crippen LogP contribution in [-0.2, 0) is 0 Å². The molecule has 108 valence electrons. The van der Waals surface area contributed by atoms with Gasteiger partial charge in [-0.25, -0.2) is 0 Å². The molecule has 5 saturated carbocycles. The molecule has 6 aliphatic rings. The fourth-order valence-corrected chi connectivity index (χ4v) is 9.05. The lowest BCUT2D eigenvalue weighted by Crippen LogP contribution is -2.35. The maximum Gasteiger partial charge on any atom is 0.125 e. The van der Waals surface area contributed by atoms with Crippen molar-refractivity contribution in [2.45, 2.75) is 35.4 Å². The van der Waals surface area contributed by atoms with E-state index in [9.17, 15) is 0 Å². The third-order valence-electron chi connectivity index (χ3n) is 7.92. The summed E-state index contributed by atoms with van der Waals surface area (Å²) in [6.07, 6.45) is 7.61. The van der Waals surface area contributed by atoms with Crippen LogP contribution in [0.5, 0.6) is 0 Å². The molecule has 0 heterocycles. The van der Waals surface area contributed by atoms with Crippen LogP contribution in [-0.4, -0.2) is 9.71 Å². The molecule has 0 saturated heterocycles. The van der Waals surface area contributed by atoms with Crippen molar-refractivity contribution < 1.29 is 0 Å². The van der Waals surface area contributed by atoms with Gasteiger partial charge in [-0.15, -0.1) is 34.8 Å². The number of rotatable bonds is 0. The van der Waals surface area contributed by atoms with Crippen LogP contribution in [0.1, 0.15) is 25.7 Å². The van der Waals surface area contributed by atoms with Crippen molar-refractivity contribution in [3.63, 3.8) is 0 Å². The highest BCUT2D eigenvalue weighted by Crippen LogP contribution is 2.92. The summed E-state index contributed by atoms with van der Waals surface area (Å²) in [6.45, 7) is 0. The molecule has 0 N–H and O–H groups in total. The van der Waals surface area contributed by atoms with E-state index in [1.54, 1.807) is 0 Å². The standard InChI is InChI=1S/C16H16Cl4/c17-7-5-6-8-9(11(12(7)18)14(6)1-2-14)15(3-4-15)13-10(8)16(13,19)20/h5-6,8-13H,1-4H2/t6-,8-,9-,10-,11-,12+,13+/m1/s1. The molecule has 0 aliphatic heterocycles. The third-order valence-corrected chi connectivity index (χ3v) is 9.88. The zero-order chi connectivity index (χ0) is 13.7. The first-order valence-corrected chi connectivity index (χ1v) is 9.41. The Bertz CT molecular complexity index is 571. The van der Waals surface area contributed by atoms with Gasteiger partial charge in [-0.3, -0.25) is 0 Å². The van der Waals surface area contributed by atoms with Gasteiger partial charge in [-0.2, -0.15) is 0 Å². The number of hydrogen-bond donors (Lipinski definition) is 0. The van der Waals surface area contributed by atoms with Crippen molar-refractivity contribution in [2.75, 3.05) is 0 Å². The molecule has 0 radical (unpaired) electrons. The van der Waals surface area contributed by atoms with Crippen LogP contribution >= 0.6 is 46.4 Å². The summed E-state index contributed by atoms with van der Waals surface area (Å²) >= 11 is 26.6. The Labute approximate surface area is 139 Å². The summed E-state index contributed by atoms with van der Waals surface area (Å²) in [5, 5.41) is 0.941. The third kappa shape index (κ3) is 1.02. The second-order valence-corrected chi connectivity index (χ2v) is 10.6. The first kappa shape index (κ1) is 12.3. The van der Waals surface area contributed by atoms with E-state index in [0.29, 0.717) is 40.4 Å². The second kappa shape index (κ2) is 3.10. The lowest BCUT2D eigenvalue weighted by molar-refractivity contribution is 0.182. The van der Waals surface area contributed by atoms with Crippen molar-refractivity contribution >= 4 is 46.4 Å². The predicted octanol–water partition coefficient (Wildman–Crippen LogP) is 5.20. The summed E-state index contributed by atoms with van der Waals surface area (Å²) in [4.78, 5) is 0. The number of halogens is 4. The zero-order valence-corrected chi connectivity index (χ0v) is 14.0. The Morgan fingerprint density at radius 1 is 0.950 bits per heavy atom. The van der Waals surface area contributed by atoms with Crippen molar-refractivity contribution in [1.82, 2.24) is 0 Å². The SMILES string of the molecule is ClC1=C[C@@H]2[C@H]3[C@@H]4[C@H](C4(Cl)Cl)C4(CC4)[C@H]3[C@H]([C@H]1Cl)C21CC1. The molecule has 0 amide bonds. The Balaban J connectivity index is 1.56. The molecule has 0 unspecified atom stereocenters. The molecule has 4 heteroatoms. The number of allylic oxidation sites excluding steroid dienone is 2. The molecule has 0 aromatic heterocycles. The van der Waals surface area contributed by atoms with Gasteiger partial charge in [0, 0.05) is 16.9 Å². The van der Waals surface area contributed by atoms with Gasteiger partial charge >= 0.3 is 0 Å². The maximum atomic E-state index is 6.77. The molecular formula is C16H16Cl4. The molecule has 20 heavy (non-hydrogen) atoms. The number of alkyl halides is 3. The van der Waals surface area contributed by atoms with Gasteiger partial charge < -0.3 is 0 Å². The molecule has 0 aromatic carbocycles.